The molecule has 0 aliphatic carbocycles. The van der Waals surface area contributed by atoms with Gasteiger partial charge < -0.3 is 20.3 Å². The fraction of sp³-hybridized carbons (Fsp3) is 0.640. The molecular formula is C25H41N3O4. The number of aryl methyl sites for hydroxylation is 1. The van der Waals surface area contributed by atoms with E-state index in [0.29, 0.717) is 0 Å². The molecule has 3 amide bonds. The van der Waals surface area contributed by atoms with Gasteiger partial charge >= 0.3 is 6.09 Å². The predicted octanol–water partition coefficient (Wildman–Crippen LogP) is 4.49. The van der Waals surface area contributed by atoms with Gasteiger partial charge in [0.2, 0.25) is 11.8 Å². The molecule has 0 saturated heterocycles. The number of nitrogens with zero attached hydrogens (tertiary/aromatic N) is 1. The number of benzene rings is 1. The van der Waals surface area contributed by atoms with E-state index in [0.717, 1.165) is 24.0 Å². The minimum absolute atomic E-state index is 0.0135. The van der Waals surface area contributed by atoms with Crippen molar-refractivity contribution in [2.24, 2.45) is 0 Å². The van der Waals surface area contributed by atoms with Crippen LogP contribution in [0.4, 0.5) is 4.79 Å². The molecule has 0 bridgehead atoms. The molecule has 2 N–H and O–H groups in total. The molecule has 3 unspecified atom stereocenters. The molecule has 1 aromatic rings. The smallest absolute Gasteiger partial charge is 0.408 e. The summed E-state index contributed by atoms with van der Waals surface area (Å²) in [6.45, 7) is 16.6. The Balaban J connectivity index is 3.29. The maximum Gasteiger partial charge on any atom is 0.408 e. The van der Waals surface area contributed by atoms with Crippen LogP contribution in [0.1, 0.15) is 85.4 Å². The van der Waals surface area contributed by atoms with Gasteiger partial charge in [-0.25, -0.2) is 4.79 Å². The Morgan fingerprint density at radius 3 is 2.12 bits per heavy atom. The Hall–Kier alpha value is -2.57. The van der Waals surface area contributed by atoms with Crippen LogP contribution in [0.5, 0.6) is 0 Å². The van der Waals surface area contributed by atoms with Gasteiger partial charge in [0.1, 0.15) is 17.7 Å². The number of alkyl carbamates (subject to hydrolysis) is 1. The van der Waals surface area contributed by atoms with Crippen LogP contribution in [-0.4, -0.2) is 46.5 Å². The first kappa shape index (κ1) is 27.5. The average Bonchev–Trinajstić information content (AvgIpc) is 2.64. The van der Waals surface area contributed by atoms with Crippen LogP contribution in [-0.2, 0) is 14.3 Å². The topological polar surface area (TPSA) is 87.7 Å². The Labute approximate surface area is 193 Å². The largest absolute Gasteiger partial charge is 0.444 e. The summed E-state index contributed by atoms with van der Waals surface area (Å²) >= 11 is 0. The zero-order valence-electron chi connectivity index (χ0n) is 21.1. The van der Waals surface area contributed by atoms with E-state index in [9.17, 15) is 14.4 Å². The first-order chi connectivity index (χ1) is 14.8. The molecule has 0 heterocycles. The van der Waals surface area contributed by atoms with Crippen molar-refractivity contribution in [1.29, 1.82) is 0 Å². The minimum Gasteiger partial charge on any atom is -0.444 e. The van der Waals surface area contributed by atoms with E-state index >= 15 is 0 Å². The highest BCUT2D eigenvalue weighted by Gasteiger charge is 2.37. The van der Waals surface area contributed by atoms with Crippen LogP contribution in [0.15, 0.2) is 24.3 Å². The lowest BCUT2D eigenvalue weighted by atomic mass is 9.96. The number of ether oxygens (including phenoxy) is 1. The highest BCUT2D eigenvalue weighted by Crippen LogP contribution is 2.27. The molecule has 0 radical (unpaired) electrons. The lowest BCUT2D eigenvalue weighted by Crippen LogP contribution is -2.54. The molecule has 3 atom stereocenters. The van der Waals surface area contributed by atoms with Crippen molar-refractivity contribution in [3.8, 4) is 0 Å². The number of rotatable bonds is 9. The third-order valence-corrected chi connectivity index (χ3v) is 5.03. The van der Waals surface area contributed by atoms with E-state index in [2.05, 4.69) is 17.6 Å². The molecule has 7 heteroatoms. The second-order valence-electron chi connectivity index (χ2n) is 9.66. The highest BCUT2D eigenvalue weighted by atomic mass is 16.6. The lowest BCUT2D eigenvalue weighted by molar-refractivity contribution is -0.144. The standard InChI is InChI=1S/C25H41N3O4/c1-10-13-18(5)26-22(29)21(20-15-12-11-14-17(20)4)28(16(2)3)23(30)19(6)27-24(31)32-25(7,8)9/h11-12,14-16,18-19,21H,10,13H2,1-9H3,(H,26,29)(H,27,31). The monoisotopic (exact) mass is 447 g/mol. The Bertz CT molecular complexity index is 786. The molecule has 7 nitrogen and oxygen atoms in total. The van der Waals surface area contributed by atoms with E-state index in [1.807, 2.05) is 52.0 Å². The van der Waals surface area contributed by atoms with Gasteiger partial charge in [0, 0.05) is 12.1 Å². The fourth-order valence-electron chi connectivity index (χ4n) is 3.59. The number of hydrogen-bond donors (Lipinski definition) is 2. The summed E-state index contributed by atoms with van der Waals surface area (Å²) in [7, 11) is 0. The van der Waals surface area contributed by atoms with E-state index < -0.39 is 23.8 Å². The first-order valence-corrected chi connectivity index (χ1v) is 11.5. The first-order valence-electron chi connectivity index (χ1n) is 11.5. The van der Waals surface area contributed by atoms with Crippen LogP contribution in [0.25, 0.3) is 0 Å². The normalized spacial score (nSPS) is 14.3. The number of hydrogen-bond acceptors (Lipinski definition) is 4. The number of nitrogens with one attached hydrogen (secondary N) is 2. The van der Waals surface area contributed by atoms with Gasteiger partial charge in [-0.1, -0.05) is 37.6 Å². The third kappa shape index (κ3) is 8.17. The van der Waals surface area contributed by atoms with Crippen LogP contribution in [0.3, 0.4) is 0 Å². The van der Waals surface area contributed by atoms with Crippen molar-refractivity contribution >= 4 is 17.9 Å². The predicted molar refractivity (Wildman–Crippen MR) is 127 cm³/mol. The molecular weight excluding hydrogens is 406 g/mol. The summed E-state index contributed by atoms with van der Waals surface area (Å²) < 4.78 is 5.29. The van der Waals surface area contributed by atoms with Crippen LogP contribution < -0.4 is 10.6 Å². The summed E-state index contributed by atoms with van der Waals surface area (Å²) in [5, 5.41) is 5.67. The third-order valence-electron chi connectivity index (χ3n) is 5.03. The Morgan fingerprint density at radius 1 is 1.03 bits per heavy atom. The SMILES string of the molecule is CCCC(C)NC(=O)C(c1ccccc1C)N(C(=O)C(C)NC(=O)OC(C)(C)C)C(C)C. The van der Waals surface area contributed by atoms with E-state index in [1.165, 1.54) is 0 Å². The Kier molecular flexibility index (Phi) is 10.2. The maximum atomic E-state index is 13.5. The van der Waals surface area contributed by atoms with Gasteiger partial charge in [-0.15, -0.1) is 0 Å². The summed E-state index contributed by atoms with van der Waals surface area (Å²) in [5.74, 6) is -0.579. The van der Waals surface area contributed by atoms with Crippen LogP contribution in [0.2, 0.25) is 0 Å². The summed E-state index contributed by atoms with van der Waals surface area (Å²) in [4.78, 5) is 40.7. The maximum absolute atomic E-state index is 13.5. The quantitative estimate of drug-likeness (QED) is 0.584. The number of carbonyl (C=O) groups is 3. The van der Waals surface area contributed by atoms with Crippen molar-refractivity contribution in [2.75, 3.05) is 0 Å². The fourth-order valence-corrected chi connectivity index (χ4v) is 3.59. The van der Waals surface area contributed by atoms with Crippen molar-refractivity contribution in [3.63, 3.8) is 0 Å². The zero-order chi connectivity index (χ0) is 24.6. The molecule has 1 rings (SSSR count). The zero-order valence-corrected chi connectivity index (χ0v) is 21.1. The number of amides is 3. The summed E-state index contributed by atoms with van der Waals surface area (Å²) in [6.07, 6.45) is 1.12. The van der Waals surface area contributed by atoms with E-state index in [4.69, 9.17) is 4.74 Å². The second kappa shape index (κ2) is 11.9. The molecule has 0 aliphatic rings. The van der Waals surface area contributed by atoms with Crippen LogP contribution in [0, 0.1) is 6.92 Å². The molecule has 1 aromatic carbocycles. The van der Waals surface area contributed by atoms with Crippen molar-refractivity contribution < 1.29 is 19.1 Å². The molecule has 0 saturated carbocycles. The van der Waals surface area contributed by atoms with E-state index in [1.54, 1.807) is 32.6 Å². The molecule has 0 aliphatic heterocycles. The number of carbonyl (C=O) groups excluding carboxylic acids is 3. The van der Waals surface area contributed by atoms with Crippen molar-refractivity contribution in [2.45, 2.75) is 105 Å². The Morgan fingerprint density at radius 2 is 1.62 bits per heavy atom. The van der Waals surface area contributed by atoms with Gasteiger partial charge in [0.25, 0.3) is 0 Å². The minimum atomic E-state index is -0.861. The molecule has 0 spiro atoms. The van der Waals surface area contributed by atoms with Crippen molar-refractivity contribution in [3.05, 3.63) is 35.4 Å². The average molecular weight is 448 g/mol. The molecule has 0 fully saturated rings. The summed E-state index contributed by atoms with van der Waals surface area (Å²) in [5.41, 5.74) is 1.01. The van der Waals surface area contributed by atoms with Crippen molar-refractivity contribution in [1.82, 2.24) is 15.5 Å². The van der Waals surface area contributed by atoms with Gasteiger partial charge in [0.05, 0.1) is 0 Å². The van der Waals surface area contributed by atoms with Crippen LogP contribution >= 0.6 is 0 Å². The lowest BCUT2D eigenvalue weighted by Gasteiger charge is -2.37. The van der Waals surface area contributed by atoms with Gasteiger partial charge in [-0.2, -0.15) is 0 Å². The van der Waals surface area contributed by atoms with E-state index in [-0.39, 0.29) is 23.9 Å². The second-order valence-corrected chi connectivity index (χ2v) is 9.66. The highest BCUT2D eigenvalue weighted by molar-refractivity contribution is 5.92. The molecule has 32 heavy (non-hydrogen) atoms. The van der Waals surface area contributed by atoms with Gasteiger partial charge in [-0.3, -0.25) is 9.59 Å². The van der Waals surface area contributed by atoms with Gasteiger partial charge in [0.15, 0.2) is 0 Å². The van der Waals surface area contributed by atoms with Gasteiger partial charge in [-0.05, 0) is 72.9 Å². The molecule has 0 aromatic heterocycles. The molecule has 180 valence electrons. The summed E-state index contributed by atoms with van der Waals surface area (Å²) in [6, 6.07) is 5.61.